The van der Waals surface area contributed by atoms with Gasteiger partial charge in [-0.2, -0.15) is 4.31 Å². The molecule has 0 spiro atoms. The monoisotopic (exact) mass is 423 g/mol. The first-order valence-corrected chi connectivity index (χ1v) is 11.0. The van der Waals surface area contributed by atoms with Gasteiger partial charge < -0.3 is 10.6 Å². The fraction of sp³-hybridized carbons (Fsp3) is 0.316. The van der Waals surface area contributed by atoms with Crippen molar-refractivity contribution in [3.8, 4) is 0 Å². The smallest absolute Gasteiger partial charge is 0.243 e. The van der Waals surface area contributed by atoms with Crippen LogP contribution in [0.4, 0.5) is 11.4 Å². The summed E-state index contributed by atoms with van der Waals surface area (Å²) in [7, 11) is -3.42. The Morgan fingerprint density at radius 1 is 1.04 bits per heavy atom. The van der Waals surface area contributed by atoms with Gasteiger partial charge in [0, 0.05) is 29.5 Å². The van der Waals surface area contributed by atoms with E-state index >= 15 is 0 Å². The van der Waals surface area contributed by atoms with Crippen molar-refractivity contribution < 1.29 is 8.42 Å². The lowest BCUT2D eigenvalue weighted by atomic mass is 10.2. The first kappa shape index (κ1) is 20.1. The van der Waals surface area contributed by atoms with E-state index in [0.717, 1.165) is 36.2 Å². The highest BCUT2D eigenvalue weighted by Gasteiger charge is 2.25. The van der Waals surface area contributed by atoms with Crippen LogP contribution >= 0.6 is 23.8 Å². The van der Waals surface area contributed by atoms with Gasteiger partial charge in [0.15, 0.2) is 5.11 Å². The first-order valence-electron chi connectivity index (χ1n) is 8.80. The summed E-state index contributed by atoms with van der Waals surface area (Å²) in [5.74, 6) is 0. The van der Waals surface area contributed by atoms with Crippen LogP contribution in [-0.2, 0) is 10.0 Å². The molecular weight excluding hydrogens is 402 g/mol. The molecule has 0 aliphatic carbocycles. The number of sulfonamides is 1. The summed E-state index contributed by atoms with van der Waals surface area (Å²) in [6.45, 7) is 3.13. The molecule has 2 aromatic rings. The van der Waals surface area contributed by atoms with Crippen molar-refractivity contribution in [3.63, 3.8) is 0 Å². The van der Waals surface area contributed by atoms with E-state index in [-0.39, 0.29) is 0 Å². The second-order valence-corrected chi connectivity index (χ2v) is 9.31. The third kappa shape index (κ3) is 4.99. The van der Waals surface area contributed by atoms with E-state index in [2.05, 4.69) is 10.6 Å². The molecule has 0 amide bonds. The number of rotatable bonds is 4. The highest BCUT2D eigenvalue weighted by molar-refractivity contribution is 7.89. The van der Waals surface area contributed by atoms with E-state index in [0.29, 0.717) is 28.1 Å². The number of thiocarbonyl (C=S) groups is 1. The molecule has 3 rings (SSSR count). The zero-order valence-electron chi connectivity index (χ0n) is 15.0. The van der Waals surface area contributed by atoms with E-state index in [1.54, 1.807) is 34.6 Å². The molecule has 1 aliphatic heterocycles. The lowest BCUT2D eigenvalue weighted by Gasteiger charge is -2.25. The Morgan fingerprint density at radius 3 is 2.33 bits per heavy atom. The molecular formula is C19H22ClN3O2S2. The molecule has 0 radical (unpaired) electrons. The number of benzene rings is 2. The van der Waals surface area contributed by atoms with Crippen LogP contribution in [0.2, 0.25) is 5.02 Å². The maximum atomic E-state index is 12.7. The number of piperidine rings is 1. The van der Waals surface area contributed by atoms with Gasteiger partial charge in [-0.05, 0) is 80.0 Å². The van der Waals surface area contributed by atoms with Crippen LogP contribution in [0.15, 0.2) is 47.4 Å². The number of halogens is 1. The second-order valence-electron chi connectivity index (χ2n) is 6.53. The standard InChI is InChI=1S/C19H22ClN3O2S2/c1-14-13-15(20)5-10-18(14)22-19(26)21-16-6-8-17(9-7-16)27(24,25)23-11-3-2-4-12-23/h5-10,13H,2-4,11-12H2,1H3,(H2,21,22,26). The summed E-state index contributed by atoms with van der Waals surface area (Å²) >= 11 is 11.3. The molecule has 0 unspecified atom stereocenters. The number of aryl methyl sites for hydroxylation is 1. The van der Waals surface area contributed by atoms with Crippen LogP contribution < -0.4 is 10.6 Å². The molecule has 0 saturated carbocycles. The Labute approximate surface area is 170 Å². The van der Waals surface area contributed by atoms with Crippen molar-refractivity contribution in [1.29, 1.82) is 0 Å². The van der Waals surface area contributed by atoms with Crippen molar-refractivity contribution >= 4 is 50.3 Å². The molecule has 1 saturated heterocycles. The second kappa shape index (κ2) is 8.56. The molecule has 8 heteroatoms. The predicted octanol–water partition coefficient (Wildman–Crippen LogP) is 4.63. The SMILES string of the molecule is Cc1cc(Cl)ccc1NC(=S)Nc1ccc(S(=O)(=O)N2CCCCC2)cc1. The van der Waals surface area contributed by atoms with E-state index in [1.807, 2.05) is 19.1 Å². The van der Waals surface area contributed by atoms with Gasteiger partial charge in [-0.1, -0.05) is 18.0 Å². The van der Waals surface area contributed by atoms with Gasteiger partial charge >= 0.3 is 0 Å². The highest BCUT2D eigenvalue weighted by atomic mass is 35.5. The minimum atomic E-state index is -3.42. The molecule has 144 valence electrons. The van der Waals surface area contributed by atoms with Gasteiger partial charge in [-0.15, -0.1) is 0 Å². The molecule has 1 fully saturated rings. The minimum absolute atomic E-state index is 0.308. The third-order valence-corrected chi connectivity index (χ3v) is 6.85. The molecule has 0 atom stereocenters. The minimum Gasteiger partial charge on any atom is -0.332 e. The first-order chi connectivity index (χ1) is 12.9. The molecule has 0 bridgehead atoms. The molecule has 1 heterocycles. The van der Waals surface area contributed by atoms with Crippen molar-refractivity contribution in [2.24, 2.45) is 0 Å². The maximum absolute atomic E-state index is 12.7. The summed E-state index contributed by atoms with van der Waals surface area (Å²) in [6, 6.07) is 12.2. The van der Waals surface area contributed by atoms with E-state index in [1.165, 1.54) is 0 Å². The van der Waals surface area contributed by atoms with Crippen LogP contribution in [0, 0.1) is 6.92 Å². The number of anilines is 2. The fourth-order valence-corrected chi connectivity index (χ4v) is 4.99. The van der Waals surface area contributed by atoms with Gasteiger partial charge in [0.2, 0.25) is 10.0 Å². The predicted molar refractivity (Wildman–Crippen MR) is 115 cm³/mol. The number of hydrogen-bond donors (Lipinski definition) is 2. The highest BCUT2D eigenvalue weighted by Crippen LogP contribution is 2.23. The van der Waals surface area contributed by atoms with Crippen LogP contribution in [0.1, 0.15) is 24.8 Å². The largest absolute Gasteiger partial charge is 0.332 e. The van der Waals surface area contributed by atoms with Crippen molar-refractivity contribution in [2.75, 3.05) is 23.7 Å². The number of nitrogens with zero attached hydrogens (tertiary/aromatic N) is 1. The topological polar surface area (TPSA) is 61.4 Å². The molecule has 1 aliphatic rings. The van der Waals surface area contributed by atoms with Gasteiger partial charge in [0.25, 0.3) is 0 Å². The van der Waals surface area contributed by atoms with Crippen LogP contribution in [-0.4, -0.2) is 30.9 Å². The fourth-order valence-electron chi connectivity index (χ4n) is 3.02. The van der Waals surface area contributed by atoms with Crippen molar-refractivity contribution in [2.45, 2.75) is 31.1 Å². The molecule has 2 N–H and O–H groups in total. The quantitative estimate of drug-likeness (QED) is 0.702. The van der Waals surface area contributed by atoms with Gasteiger partial charge in [0.05, 0.1) is 4.90 Å². The lowest BCUT2D eigenvalue weighted by molar-refractivity contribution is 0.346. The summed E-state index contributed by atoms with van der Waals surface area (Å²) in [5, 5.41) is 7.28. The van der Waals surface area contributed by atoms with E-state index in [9.17, 15) is 8.42 Å². The zero-order chi connectivity index (χ0) is 19.4. The maximum Gasteiger partial charge on any atom is 0.243 e. The van der Waals surface area contributed by atoms with E-state index in [4.69, 9.17) is 23.8 Å². The average molecular weight is 424 g/mol. The Morgan fingerprint density at radius 2 is 1.70 bits per heavy atom. The Hall–Kier alpha value is -1.67. The summed E-state index contributed by atoms with van der Waals surface area (Å²) < 4.78 is 26.9. The van der Waals surface area contributed by atoms with Crippen LogP contribution in [0.25, 0.3) is 0 Å². The van der Waals surface area contributed by atoms with Crippen LogP contribution in [0.5, 0.6) is 0 Å². The van der Waals surface area contributed by atoms with Gasteiger partial charge in [0.1, 0.15) is 0 Å². The Bertz CT molecular complexity index is 924. The summed E-state index contributed by atoms with van der Waals surface area (Å²) in [6.07, 6.45) is 2.93. The Kier molecular flexibility index (Phi) is 6.37. The van der Waals surface area contributed by atoms with Gasteiger partial charge in [-0.3, -0.25) is 0 Å². The lowest BCUT2D eigenvalue weighted by Crippen LogP contribution is -2.35. The van der Waals surface area contributed by atoms with Crippen molar-refractivity contribution in [3.05, 3.63) is 53.1 Å². The normalized spacial score (nSPS) is 15.3. The van der Waals surface area contributed by atoms with Crippen molar-refractivity contribution in [1.82, 2.24) is 4.31 Å². The molecule has 27 heavy (non-hydrogen) atoms. The summed E-state index contributed by atoms with van der Waals surface area (Å²) in [5.41, 5.74) is 2.56. The van der Waals surface area contributed by atoms with E-state index < -0.39 is 10.0 Å². The molecule has 0 aromatic heterocycles. The third-order valence-electron chi connectivity index (χ3n) is 4.50. The number of hydrogen-bond acceptors (Lipinski definition) is 3. The molecule has 2 aromatic carbocycles. The average Bonchev–Trinajstić information content (AvgIpc) is 2.65. The zero-order valence-corrected chi connectivity index (χ0v) is 17.4. The number of nitrogens with one attached hydrogen (secondary N) is 2. The van der Waals surface area contributed by atoms with Gasteiger partial charge in [-0.25, -0.2) is 8.42 Å². The van der Waals surface area contributed by atoms with Crippen LogP contribution in [0.3, 0.4) is 0 Å². The summed E-state index contributed by atoms with van der Waals surface area (Å²) in [4.78, 5) is 0.308. The molecule has 5 nitrogen and oxygen atoms in total. The Balaban J connectivity index is 1.65.